The molecule has 1 aliphatic heterocycles. The minimum atomic E-state index is -0.356. The van der Waals surface area contributed by atoms with E-state index in [1.54, 1.807) is 48.5 Å². The fourth-order valence-corrected chi connectivity index (χ4v) is 3.12. The van der Waals surface area contributed by atoms with Gasteiger partial charge in [-0.1, -0.05) is 35.9 Å². The topological polar surface area (TPSA) is 52.9 Å². The maximum Gasteiger partial charge on any atom is 0.282 e. The van der Waals surface area contributed by atoms with Gasteiger partial charge in [0.25, 0.3) is 5.91 Å². The van der Waals surface area contributed by atoms with Gasteiger partial charge in [0.2, 0.25) is 0 Å². The van der Waals surface area contributed by atoms with Crippen molar-refractivity contribution in [1.82, 2.24) is 0 Å². The Labute approximate surface area is 165 Å². The molecular formula is C22H14ClFN2O2. The summed E-state index contributed by atoms with van der Waals surface area (Å²) in [4.78, 5) is 19.1. The molecule has 1 N–H and O–H groups in total. The van der Waals surface area contributed by atoms with E-state index >= 15 is 0 Å². The lowest BCUT2D eigenvalue weighted by Crippen LogP contribution is -2.32. The number of carbonyl (C=O) groups is 1. The second-order valence-electron chi connectivity index (χ2n) is 6.15. The molecule has 0 aliphatic carbocycles. The summed E-state index contributed by atoms with van der Waals surface area (Å²) in [5.41, 5.74) is 2.01. The quantitative estimate of drug-likeness (QED) is 0.636. The van der Waals surface area contributed by atoms with E-state index in [9.17, 15) is 14.3 Å². The Morgan fingerprint density at radius 1 is 0.964 bits per heavy atom. The average molecular weight is 393 g/mol. The number of phenolic OH excluding ortho intramolecular Hbond substituents is 1. The van der Waals surface area contributed by atoms with Crippen LogP contribution in [-0.4, -0.2) is 16.8 Å². The average Bonchev–Trinajstić information content (AvgIpc) is 3.01. The second kappa shape index (κ2) is 7.29. The van der Waals surface area contributed by atoms with Crippen molar-refractivity contribution in [2.75, 3.05) is 4.90 Å². The predicted octanol–water partition coefficient (Wildman–Crippen LogP) is 5.02. The Morgan fingerprint density at radius 3 is 2.32 bits per heavy atom. The molecule has 1 amide bonds. The molecule has 0 saturated carbocycles. The molecule has 28 heavy (non-hydrogen) atoms. The number of phenols is 1. The molecule has 6 heteroatoms. The minimum absolute atomic E-state index is 0.0914. The van der Waals surface area contributed by atoms with Gasteiger partial charge >= 0.3 is 0 Å². The molecular weight excluding hydrogens is 379 g/mol. The number of aliphatic imine (C=N–C) groups is 1. The maximum absolute atomic E-state index is 13.2. The normalized spacial score (nSPS) is 15.2. The van der Waals surface area contributed by atoms with Gasteiger partial charge in [-0.05, 0) is 60.2 Å². The summed E-state index contributed by atoms with van der Waals surface area (Å²) >= 11 is 6.34. The van der Waals surface area contributed by atoms with Crippen LogP contribution in [0, 0.1) is 5.82 Å². The number of hydrogen-bond acceptors (Lipinski definition) is 3. The molecule has 1 aliphatic rings. The van der Waals surface area contributed by atoms with E-state index in [4.69, 9.17) is 11.6 Å². The number of carbonyl (C=O) groups excluding carboxylic acids is 1. The lowest BCUT2D eigenvalue weighted by Gasteiger charge is -2.19. The molecule has 0 aromatic heterocycles. The Balaban J connectivity index is 1.84. The van der Waals surface area contributed by atoms with Crippen LogP contribution in [0.3, 0.4) is 0 Å². The standard InChI is InChI=1S/C22H14ClFN2O2/c23-19-4-2-1-3-18(19)21-25-20(13-14-5-7-15(24)8-6-14)22(28)26(21)16-9-11-17(27)12-10-16/h1-13,27H/b20-13+. The van der Waals surface area contributed by atoms with Gasteiger partial charge in [0, 0.05) is 5.56 Å². The number of hydrogen-bond donors (Lipinski definition) is 1. The van der Waals surface area contributed by atoms with E-state index in [2.05, 4.69) is 4.99 Å². The highest BCUT2D eigenvalue weighted by Gasteiger charge is 2.33. The molecule has 0 unspecified atom stereocenters. The van der Waals surface area contributed by atoms with Crippen molar-refractivity contribution in [2.24, 2.45) is 4.99 Å². The molecule has 0 spiro atoms. The van der Waals surface area contributed by atoms with Gasteiger partial charge in [0.05, 0.1) is 10.7 Å². The fourth-order valence-electron chi connectivity index (χ4n) is 2.90. The van der Waals surface area contributed by atoms with Gasteiger partial charge in [-0.2, -0.15) is 0 Å². The predicted molar refractivity (Wildman–Crippen MR) is 108 cm³/mol. The maximum atomic E-state index is 13.2. The third-order valence-corrected chi connectivity index (χ3v) is 4.59. The Bertz CT molecular complexity index is 1110. The summed E-state index contributed by atoms with van der Waals surface area (Å²) in [5.74, 6) is -0.223. The minimum Gasteiger partial charge on any atom is -0.508 e. The molecule has 4 nitrogen and oxygen atoms in total. The Hall–Kier alpha value is -3.44. The van der Waals surface area contributed by atoms with E-state index in [0.717, 1.165) is 0 Å². The van der Waals surface area contributed by atoms with Crippen LogP contribution in [0.25, 0.3) is 6.08 Å². The SMILES string of the molecule is O=C1/C(=C\c2ccc(F)cc2)N=C(c2ccccc2Cl)N1c1ccc(O)cc1. The highest BCUT2D eigenvalue weighted by molar-refractivity contribution is 6.39. The Kier molecular flexibility index (Phi) is 4.67. The molecule has 3 aromatic rings. The fraction of sp³-hybridized carbons (Fsp3) is 0. The first-order valence-electron chi connectivity index (χ1n) is 8.47. The zero-order valence-corrected chi connectivity index (χ0v) is 15.3. The van der Waals surface area contributed by atoms with Gasteiger partial charge in [0.15, 0.2) is 0 Å². The Morgan fingerprint density at radius 2 is 1.64 bits per heavy atom. The van der Waals surface area contributed by atoms with Crippen LogP contribution in [0.5, 0.6) is 5.75 Å². The highest BCUT2D eigenvalue weighted by atomic mass is 35.5. The highest BCUT2D eigenvalue weighted by Crippen LogP contribution is 2.31. The van der Waals surface area contributed by atoms with Crippen LogP contribution >= 0.6 is 11.6 Å². The number of benzene rings is 3. The molecule has 1 heterocycles. The molecule has 0 atom stereocenters. The number of amides is 1. The van der Waals surface area contributed by atoms with Crippen molar-refractivity contribution in [2.45, 2.75) is 0 Å². The van der Waals surface area contributed by atoms with Crippen LogP contribution in [0.2, 0.25) is 5.02 Å². The summed E-state index contributed by atoms with van der Waals surface area (Å²) < 4.78 is 13.2. The van der Waals surface area contributed by atoms with Crippen LogP contribution in [0.4, 0.5) is 10.1 Å². The van der Waals surface area contributed by atoms with Gasteiger partial charge in [-0.3, -0.25) is 9.69 Å². The van der Waals surface area contributed by atoms with Crippen LogP contribution in [0.1, 0.15) is 11.1 Å². The molecule has 0 saturated heterocycles. The summed E-state index contributed by atoms with van der Waals surface area (Å²) in [6.45, 7) is 0. The smallest absolute Gasteiger partial charge is 0.282 e. The van der Waals surface area contributed by atoms with E-state index in [-0.39, 0.29) is 23.2 Å². The van der Waals surface area contributed by atoms with Crippen LogP contribution in [0.15, 0.2) is 83.5 Å². The van der Waals surface area contributed by atoms with E-state index < -0.39 is 0 Å². The first-order valence-corrected chi connectivity index (χ1v) is 8.85. The third kappa shape index (κ3) is 3.40. The van der Waals surface area contributed by atoms with E-state index in [1.807, 2.05) is 6.07 Å². The third-order valence-electron chi connectivity index (χ3n) is 4.26. The van der Waals surface area contributed by atoms with Crippen molar-refractivity contribution < 1.29 is 14.3 Å². The van der Waals surface area contributed by atoms with Crippen LogP contribution in [-0.2, 0) is 4.79 Å². The van der Waals surface area contributed by atoms with Gasteiger partial charge in [-0.25, -0.2) is 9.38 Å². The molecule has 3 aromatic carbocycles. The number of halogens is 2. The number of rotatable bonds is 3. The van der Waals surface area contributed by atoms with Gasteiger partial charge in [-0.15, -0.1) is 0 Å². The molecule has 0 radical (unpaired) electrons. The number of anilines is 1. The van der Waals surface area contributed by atoms with Crippen molar-refractivity contribution >= 4 is 35.1 Å². The van der Waals surface area contributed by atoms with Gasteiger partial charge < -0.3 is 5.11 Å². The molecule has 0 bridgehead atoms. The van der Waals surface area contributed by atoms with Crippen molar-refractivity contribution in [3.63, 3.8) is 0 Å². The summed E-state index contributed by atoms with van der Waals surface area (Å²) in [6.07, 6.45) is 1.60. The van der Waals surface area contributed by atoms with Crippen LogP contribution < -0.4 is 4.90 Å². The molecule has 0 fully saturated rings. The molecule has 138 valence electrons. The number of nitrogens with zero attached hydrogens (tertiary/aromatic N) is 2. The van der Waals surface area contributed by atoms with Crippen molar-refractivity contribution in [1.29, 1.82) is 0 Å². The van der Waals surface area contributed by atoms with Crippen molar-refractivity contribution in [3.8, 4) is 5.75 Å². The summed E-state index contributed by atoms with van der Waals surface area (Å²) in [7, 11) is 0. The van der Waals surface area contributed by atoms with E-state index in [1.165, 1.54) is 29.2 Å². The largest absolute Gasteiger partial charge is 0.508 e. The number of amidine groups is 1. The zero-order chi connectivity index (χ0) is 19.7. The lowest BCUT2D eigenvalue weighted by atomic mass is 10.1. The summed E-state index contributed by atoms with van der Waals surface area (Å²) in [5, 5.41) is 10.0. The first-order chi connectivity index (χ1) is 13.5. The monoisotopic (exact) mass is 392 g/mol. The number of aromatic hydroxyl groups is 1. The first kappa shape index (κ1) is 17.9. The lowest BCUT2D eigenvalue weighted by molar-refractivity contribution is -0.113. The van der Waals surface area contributed by atoms with Crippen molar-refractivity contribution in [3.05, 3.63) is 100 Å². The van der Waals surface area contributed by atoms with Gasteiger partial charge in [0.1, 0.15) is 23.1 Å². The summed E-state index contributed by atoms with van der Waals surface area (Å²) in [6, 6.07) is 19.1. The second-order valence-corrected chi connectivity index (χ2v) is 6.56. The zero-order valence-electron chi connectivity index (χ0n) is 14.5. The van der Waals surface area contributed by atoms with E-state index in [0.29, 0.717) is 27.7 Å². The molecule has 4 rings (SSSR count).